The fourth-order valence-electron chi connectivity index (χ4n) is 4.70. The predicted molar refractivity (Wildman–Crippen MR) is 71.2 cm³/mol. The Morgan fingerprint density at radius 2 is 1.26 bits per heavy atom. The van der Waals surface area contributed by atoms with Gasteiger partial charge in [0.05, 0.1) is 6.10 Å². The third-order valence-electron chi connectivity index (χ3n) is 5.96. The molecule has 0 spiro atoms. The highest BCUT2D eigenvalue weighted by atomic mass is 19.2. The molecule has 0 bridgehead atoms. The lowest BCUT2D eigenvalue weighted by Gasteiger charge is -2.43. The molecule has 0 aromatic carbocycles. The maximum absolute atomic E-state index is 14.3. The average Bonchev–Trinajstić information content (AvgIpc) is 3.21. The number of halogens is 2. The van der Waals surface area contributed by atoms with Crippen LogP contribution in [-0.4, -0.2) is 23.6 Å². The van der Waals surface area contributed by atoms with Crippen LogP contribution in [0.4, 0.5) is 8.78 Å². The molecule has 1 nitrogen and oxygen atoms in total. The molecule has 0 amide bonds. The van der Waals surface area contributed by atoms with Crippen molar-refractivity contribution in [2.45, 2.75) is 70.3 Å². The maximum atomic E-state index is 14.3. The molecule has 0 heterocycles. The van der Waals surface area contributed by atoms with E-state index in [0.717, 1.165) is 24.7 Å². The van der Waals surface area contributed by atoms with E-state index in [-0.39, 0.29) is 11.8 Å². The molecule has 0 saturated heterocycles. The lowest BCUT2D eigenvalue weighted by Crippen LogP contribution is -2.48. The highest BCUT2D eigenvalue weighted by Crippen LogP contribution is 2.49. The van der Waals surface area contributed by atoms with Crippen molar-refractivity contribution < 1.29 is 13.9 Å². The number of aliphatic hydroxyl groups excluding tert-OH is 1. The van der Waals surface area contributed by atoms with Crippen molar-refractivity contribution in [3.8, 4) is 0 Å². The summed E-state index contributed by atoms with van der Waals surface area (Å²) in [6.07, 6.45) is 3.55. The summed E-state index contributed by atoms with van der Waals surface area (Å²) in [5, 5.41) is 9.54. The molecule has 0 aliphatic heterocycles. The molecule has 110 valence electrons. The molecule has 3 fully saturated rings. The van der Waals surface area contributed by atoms with Crippen molar-refractivity contribution in [1.29, 1.82) is 0 Å². The molecule has 5 atom stereocenters. The van der Waals surface area contributed by atoms with Gasteiger partial charge in [-0.25, -0.2) is 8.78 Å². The van der Waals surface area contributed by atoms with E-state index in [0.29, 0.717) is 12.3 Å². The normalized spacial score (nSPS) is 52.1. The van der Waals surface area contributed by atoms with E-state index in [1.165, 1.54) is 25.7 Å². The van der Waals surface area contributed by atoms with Crippen molar-refractivity contribution in [3.05, 3.63) is 0 Å². The zero-order valence-corrected chi connectivity index (χ0v) is 11.8. The molecule has 3 rings (SSSR count). The average molecular weight is 272 g/mol. The molecule has 0 aromatic rings. The third-order valence-corrected chi connectivity index (χ3v) is 5.96. The van der Waals surface area contributed by atoms with Crippen molar-refractivity contribution >= 4 is 0 Å². The molecular formula is C16H26F2O. The maximum Gasteiger partial charge on any atom is 0.157 e. The van der Waals surface area contributed by atoms with E-state index in [1.807, 2.05) is 6.92 Å². The Kier molecular flexibility index (Phi) is 3.85. The second-order valence-electron chi connectivity index (χ2n) is 7.26. The van der Waals surface area contributed by atoms with Gasteiger partial charge in [0, 0.05) is 0 Å². The topological polar surface area (TPSA) is 20.2 Å². The van der Waals surface area contributed by atoms with Gasteiger partial charge in [-0.05, 0) is 74.5 Å². The van der Waals surface area contributed by atoms with Gasteiger partial charge in [0.25, 0.3) is 0 Å². The summed E-state index contributed by atoms with van der Waals surface area (Å²) in [6.45, 7) is 1.99. The van der Waals surface area contributed by atoms with E-state index in [2.05, 4.69) is 0 Å². The quantitative estimate of drug-likeness (QED) is 0.808. The van der Waals surface area contributed by atoms with Crippen LogP contribution in [0.2, 0.25) is 0 Å². The Hall–Kier alpha value is -0.180. The summed E-state index contributed by atoms with van der Waals surface area (Å²) >= 11 is 0. The molecule has 3 aliphatic carbocycles. The fraction of sp³-hybridized carbons (Fsp3) is 1.00. The van der Waals surface area contributed by atoms with Gasteiger partial charge in [-0.1, -0.05) is 6.92 Å². The van der Waals surface area contributed by atoms with Crippen LogP contribution >= 0.6 is 0 Å². The first-order chi connectivity index (χ1) is 9.08. The van der Waals surface area contributed by atoms with E-state index in [4.69, 9.17) is 0 Å². The third kappa shape index (κ3) is 2.68. The predicted octanol–water partition coefficient (Wildman–Crippen LogP) is 3.90. The van der Waals surface area contributed by atoms with Gasteiger partial charge in [0.2, 0.25) is 0 Å². The number of hydrogen-bond acceptors (Lipinski definition) is 1. The summed E-state index contributed by atoms with van der Waals surface area (Å²) in [4.78, 5) is 0. The Morgan fingerprint density at radius 3 is 1.79 bits per heavy atom. The fourth-order valence-corrected chi connectivity index (χ4v) is 4.70. The van der Waals surface area contributed by atoms with Crippen LogP contribution in [0.5, 0.6) is 0 Å². The van der Waals surface area contributed by atoms with Crippen LogP contribution in [-0.2, 0) is 0 Å². The van der Waals surface area contributed by atoms with Gasteiger partial charge in [-0.3, -0.25) is 0 Å². The van der Waals surface area contributed by atoms with Crippen LogP contribution in [0.15, 0.2) is 0 Å². The summed E-state index contributed by atoms with van der Waals surface area (Å²) in [5.74, 6) is 2.09. The lowest BCUT2D eigenvalue weighted by molar-refractivity contribution is -0.0801. The van der Waals surface area contributed by atoms with Gasteiger partial charge in [-0.15, -0.1) is 0 Å². The Balaban J connectivity index is 1.61. The highest BCUT2D eigenvalue weighted by Gasteiger charge is 2.47. The van der Waals surface area contributed by atoms with Crippen LogP contribution in [0.25, 0.3) is 0 Å². The van der Waals surface area contributed by atoms with Crippen molar-refractivity contribution in [3.63, 3.8) is 0 Å². The van der Waals surface area contributed by atoms with E-state index in [1.54, 1.807) is 0 Å². The summed E-state index contributed by atoms with van der Waals surface area (Å²) < 4.78 is 28.0. The summed E-state index contributed by atoms with van der Waals surface area (Å²) in [6, 6.07) is 0. The number of hydrogen-bond donors (Lipinski definition) is 1. The Morgan fingerprint density at radius 1 is 0.789 bits per heavy atom. The molecule has 0 radical (unpaired) electrons. The molecule has 5 unspecified atom stereocenters. The molecule has 3 saturated carbocycles. The van der Waals surface area contributed by atoms with Crippen molar-refractivity contribution in [1.82, 2.24) is 0 Å². The second-order valence-corrected chi connectivity index (χ2v) is 7.26. The van der Waals surface area contributed by atoms with Gasteiger partial charge >= 0.3 is 0 Å². The summed E-state index contributed by atoms with van der Waals surface area (Å²) in [7, 11) is 0. The minimum Gasteiger partial charge on any atom is -0.390 e. The van der Waals surface area contributed by atoms with Gasteiger partial charge < -0.3 is 5.11 Å². The van der Waals surface area contributed by atoms with E-state index >= 15 is 0 Å². The largest absolute Gasteiger partial charge is 0.390 e. The molecule has 0 aromatic heterocycles. The zero-order chi connectivity index (χ0) is 13.6. The first-order valence-corrected chi connectivity index (χ1v) is 8.04. The molecule has 1 N–H and O–H groups in total. The summed E-state index contributed by atoms with van der Waals surface area (Å²) in [5.41, 5.74) is 0. The number of alkyl halides is 2. The Labute approximate surface area is 114 Å². The van der Waals surface area contributed by atoms with Crippen LogP contribution in [0.3, 0.4) is 0 Å². The van der Waals surface area contributed by atoms with Crippen molar-refractivity contribution in [2.24, 2.45) is 29.6 Å². The van der Waals surface area contributed by atoms with Gasteiger partial charge in [-0.2, -0.15) is 0 Å². The van der Waals surface area contributed by atoms with Gasteiger partial charge in [0.1, 0.15) is 6.17 Å². The molecule has 3 heteroatoms. The first kappa shape index (κ1) is 13.8. The first-order valence-electron chi connectivity index (χ1n) is 8.04. The smallest absolute Gasteiger partial charge is 0.157 e. The van der Waals surface area contributed by atoms with Crippen molar-refractivity contribution in [2.75, 3.05) is 0 Å². The highest BCUT2D eigenvalue weighted by molar-refractivity contribution is 4.96. The Bertz CT molecular complexity index is 310. The monoisotopic (exact) mass is 272 g/mol. The van der Waals surface area contributed by atoms with E-state index in [9.17, 15) is 13.9 Å². The lowest BCUT2D eigenvalue weighted by atomic mass is 9.65. The minimum atomic E-state index is -1.66. The SMILES string of the molecule is CC1CC(O)C(F)C(F)C1C1CCC(C2CC2)CC1. The molecule has 3 aliphatic rings. The standard InChI is InChI=1S/C16H26F2O/c1-9-8-13(19)15(17)16(18)14(9)12-6-4-11(5-7-12)10-2-3-10/h9-16,19H,2-8H2,1H3. The number of rotatable bonds is 2. The number of aliphatic hydroxyl groups is 1. The molecule has 19 heavy (non-hydrogen) atoms. The van der Waals surface area contributed by atoms with Crippen LogP contribution < -0.4 is 0 Å². The molecular weight excluding hydrogens is 246 g/mol. The zero-order valence-electron chi connectivity index (χ0n) is 11.8. The van der Waals surface area contributed by atoms with Gasteiger partial charge in [0.15, 0.2) is 6.17 Å². The minimum absolute atomic E-state index is 0.111. The van der Waals surface area contributed by atoms with Crippen LogP contribution in [0, 0.1) is 29.6 Å². The van der Waals surface area contributed by atoms with E-state index < -0.39 is 18.4 Å². The second kappa shape index (κ2) is 5.31. The van der Waals surface area contributed by atoms with Crippen LogP contribution in [0.1, 0.15) is 51.9 Å².